The van der Waals surface area contributed by atoms with Crippen molar-refractivity contribution in [3.63, 3.8) is 0 Å². The number of aliphatic carboxylic acids is 2. The van der Waals surface area contributed by atoms with Gasteiger partial charge in [0.15, 0.2) is 24.5 Å². The smallest absolute Gasteiger partial charge is 0.362 e. The molecule has 1 aliphatic rings. The van der Waals surface area contributed by atoms with Gasteiger partial charge in [0.1, 0.15) is 17.8 Å². The summed E-state index contributed by atoms with van der Waals surface area (Å²) in [6.45, 7) is -0.727. The summed E-state index contributed by atoms with van der Waals surface area (Å²) in [5, 5.41) is 36.1. The summed E-state index contributed by atoms with van der Waals surface area (Å²) >= 11 is 0. The summed E-state index contributed by atoms with van der Waals surface area (Å²) in [6, 6.07) is 2.12. The van der Waals surface area contributed by atoms with Gasteiger partial charge < -0.3 is 55.5 Å². The maximum atomic E-state index is 11.1. The molecule has 1 amide bonds. The molecule has 0 spiro atoms. The van der Waals surface area contributed by atoms with E-state index in [0.717, 1.165) is 0 Å². The first kappa shape index (κ1) is 27.5. The minimum absolute atomic E-state index is 0.0880. The molecule has 1 aromatic rings. The molecular formula is C16H24N3O12P. The second-order valence-electron chi connectivity index (χ2n) is 6.66. The van der Waals surface area contributed by atoms with Crippen molar-refractivity contribution >= 4 is 25.7 Å². The van der Waals surface area contributed by atoms with Crippen LogP contribution in [0, 0.1) is 0 Å². The second-order valence-corrected chi connectivity index (χ2v) is 7.81. The van der Waals surface area contributed by atoms with Crippen molar-refractivity contribution in [2.24, 2.45) is 5.73 Å². The van der Waals surface area contributed by atoms with E-state index in [1.807, 2.05) is 0 Å². The van der Waals surface area contributed by atoms with Crippen LogP contribution in [0.1, 0.15) is 29.4 Å². The van der Waals surface area contributed by atoms with E-state index in [2.05, 4.69) is 10.3 Å². The maximum Gasteiger partial charge on any atom is 0.362 e. The van der Waals surface area contributed by atoms with Gasteiger partial charge in [0.2, 0.25) is 0 Å². The molecule has 0 bridgehead atoms. The van der Waals surface area contributed by atoms with Crippen LogP contribution in [-0.4, -0.2) is 69.2 Å². The second kappa shape index (κ2) is 11.9. The van der Waals surface area contributed by atoms with Gasteiger partial charge in [-0.3, -0.25) is 9.59 Å². The number of carboxylic acids is 2. The zero-order valence-corrected chi connectivity index (χ0v) is 17.4. The van der Waals surface area contributed by atoms with Crippen LogP contribution in [0.2, 0.25) is 0 Å². The van der Waals surface area contributed by atoms with Gasteiger partial charge in [0.25, 0.3) is 12.1 Å². The Morgan fingerprint density at radius 3 is 2.41 bits per heavy atom. The quantitative estimate of drug-likeness (QED) is 0.143. The molecule has 0 aromatic carbocycles. The molecule has 16 heteroatoms. The Kier molecular flexibility index (Phi) is 10.3. The molecule has 1 aromatic heterocycles. The van der Waals surface area contributed by atoms with Crippen LogP contribution in [-0.2, 0) is 23.4 Å². The van der Waals surface area contributed by atoms with Gasteiger partial charge in [-0.25, -0.2) is 4.79 Å². The summed E-state index contributed by atoms with van der Waals surface area (Å²) in [5.74, 6) is -2.74. The topological polar surface area (TPSA) is 271 Å². The molecule has 0 aliphatic carbocycles. The van der Waals surface area contributed by atoms with Crippen LogP contribution in [0.3, 0.4) is 0 Å². The number of nitrogens with zero attached hydrogens (tertiary/aromatic N) is 1. The molecule has 1 aliphatic heterocycles. The molecule has 0 radical (unpaired) electrons. The Balaban J connectivity index is 0.000000433. The Labute approximate surface area is 181 Å². The molecule has 1 saturated heterocycles. The molecule has 15 nitrogen and oxygen atoms in total. The van der Waals surface area contributed by atoms with Crippen molar-refractivity contribution in [2.75, 3.05) is 6.61 Å². The van der Waals surface area contributed by atoms with Crippen molar-refractivity contribution in [1.82, 2.24) is 0 Å². The summed E-state index contributed by atoms with van der Waals surface area (Å²) < 4.78 is 21.1. The van der Waals surface area contributed by atoms with Gasteiger partial charge in [-0.1, -0.05) is 0 Å². The van der Waals surface area contributed by atoms with E-state index in [1.54, 1.807) is 0 Å². The number of carbonyl (C=O) groups is 3. The fourth-order valence-corrected chi connectivity index (χ4v) is 2.83. The molecule has 180 valence electrons. The highest BCUT2D eigenvalue weighted by atomic mass is 31.2. The van der Waals surface area contributed by atoms with E-state index in [-0.39, 0.29) is 18.4 Å². The first-order chi connectivity index (χ1) is 14.7. The summed E-state index contributed by atoms with van der Waals surface area (Å²) in [6.07, 6.45) is -2.49. The number of aliphatic hydroxyl groups excluding tert-OH is 2. The van der Waals surface area contributed by atoms with Gasteiger partial charge in [0.05, 0.1) is 20.9 Å². The summed E-state index contributed by atoms with van der Waals surface area (Å²) in [7, 11) is -5.22. The lowest BCUT2D eigenvalue weighted by atomic mass is 10.1. The summed E-state index contributed by atoms with van der Waals surface area (Å²) in [5.41, 5.74) is 8.54. The number of hydrogen-bond donors (Lipinski definition) is 6. The highest BCUT2D eigenvalue weighted by Gasteiger charge is 2.48. The van der Waals surface area contributed by atoms with Gasteiger partial charge >= 0.3 is 11.9 Å². The maximum absolute atomic E-state index is 11.1. The molecule has 32 heavy (non-hydrogen) atoms. The fourth-order valence-electron chi connectivity index (χ4n) is 2.50. The zero-order chi connectivity index (χ0) is 24.6. The Morgan fingerprint density at radius 2 is 1.91 bits per heavy atom. The molecule has 2 heterocycles. The SMILES string of the molecule is NC(=O)c1ccc[n+]([C@@H]2O[C@H](COP(=O)([O-])[O-])[C@@H](O)[C@H]2O)c1.[NH3+][C@@H](CCC(=O)O)C(=O)O. The number of amides is 1. The zero-order valence-electron chi connectivity index (χ0n) is 16.6. The Bertz CT molecular complexity index is 862. The summed E-state index contributed by atoms with van der Waals surface area (Å²) in [4.78, 5) is 52.0. The minimum atomic E-state index is -5.22. The fraction of sp³-hybridized carbons (Fsp3) is 0.500. The minimum Gasteiger partial charge on any atom is -0.790 e. The van der Waals surface area contributed by atoms with Gasteiger partial charge in [-0.2, -0.15) is 4.57 Å². The van der Waals surface area contributed by atoms with E-state index < -0.39 is 62.9 Å². The molecule has 9 N–H and O–H groups in total. The predicted octanol–water partition coefficient (Wildman–Crippen LogP) is -4.92. The van der Waals surface area contributed by atoms with Gasteiger partial charge in [0, 0.05) is 12.5 Å². The van der Waals surface area contributed by atoms with E-state index in [1.165, 1.54) is 29.1 Å². The molecule has 1 fully saturated rings. The van der Waals surface area contributed by atoms with E-state index in [4.69, 9.17) is 20.7 Å². The number of quaternary nitrogens is 1. The Hall–Kier alpha value is -2.49. The number of hydrogen-bond acceptors (Lipinski definition) is 10. The molecule has 0 saturated carbocycles. The van der Waals surface area contributed by atoms with Gasteiger partial charge in [-0.05, 0) is 6.07 Å². The molecular weight excluding hydrogens is 457 g/mol. The number of phosphoric ester groups is 1. The lowest BCUT2D eigenvalue weighted by molar-refractivity contribution is -0.765. The third-order valence-electron chi connectivity index (χ3n) is 4.19. The number of carboxylic acid groups (broad SMARTS) is 2. The number of pyridine rings is 1. The number of ether oxygens (including phenoxy) is 1. The van der Waals surface area contributed by atoms with E-state index in [0.29, 0.717) is 0 Å². The number of rotatable bonds is 9. The predicted molar refractivity (Wildman–Crippen MR) is 95.8 cm³/mol. The number of aromatic nitrogens is 1. The van der Waals surface area contributed by atoms with Gasteiger partial charge in [-0.15, -0.1) is 0 Å². The average molecular weight is 481 g/mol. The first-order valence-corrected chi connectivity index (χ1v) is 10.5. The lowest BCUT2D eigenvalue weighted by Gasteiger charge is -2.30. The van der Waals surface area contributed by atoms with Crippen molar-refractivity contribution in [3.05, 3.63) is 30.1 Å². The largest absolute Gasteiger partial charge is 0.790 e. The van der Waals surface area contributed by atoms with E-state index >= 15 is 0 Å². The number of primary amides is 1. The number of phosphoric acid groups is 1. The van der Waals surface area contributed by atoms with Crippen LogP contribution in [0.25, 0.3) is 0 Å². The normalized spacial score (nSPS) is 23.7. The highest BCUT2D eigenvalue weighted by molar-refractivity contribution is 7.43. The standard InChI is InChI=1S/C11H15N2O8P.C5H9NO4/c12-10(16)6-2-1-3-13(4-6)11-9(15)8(14)7(21-11)5-20-22(17,18)19;6-3(5(9)10)1-2-4(7)8/h1-4,7-9,11,14-15H,5H2,(H3-,12,16,17,18,19);3H,1-2,6H2,(H,7,8)(H,9,10)/t7-,8-,9-,11-;3-/m10/s1. The number of carbonyl (C=O) groups excluding carboxylic acids is 1. The average Bonchev–Trinajstić information content (AvgIpc) is 2.98. The highest BCUT2D eigenvalue weighted by Crippen LogP contribution is 2.30. The number of nitrogens with two attached hydrogens (primary N) is 1. The van der Waals surface area contributed by atoms with Crippen LogP contribution in [0.5, 0.6) is 0 Å². The van der Waals surface area contributed by atoms with Crippen LogP contribution in [0.15, 0.2) is 24.5 Å². The third kappa shape index (κ3) is 8.94. The molecule has 5 atom stereocenters. The molecule has 2 rings (SSSR count). The van der Waals surface area contributed by atoms with Crippen LogP contribution < -0.4 is 25.8 Å². The first-order valence-electron chi connectivity index (χ1n) is 8.99. The van der Waals surface area contributed by atoms with Crippen molar-refractivity contribution in [2.45, 2.75) is 43.4 Å². The third-order valence-corrected chi connectivity index (χ3v) is 4.66. The van der Waals surface area contributed by atoms with Crippen molar-refractivity contribution < 1.29 is 68.7 Å². The van der Waals surface area contributed by atoms with Crippen molar-refractivity contribution in [1.29, 1.82) is 0 Å². The van der Waals surface area contributed by atoms with Crippen molar-refractivity contribution in [3.8, 4) is 0 Å². The lowest BCUT2D eigenvalue weighted by Crippen LogP contribution is -2.64. The van der Waals surface area contributed by atoms with Crippen LogP contribution in [0.4, 0.5) is 0 Å². The Morgan fingerprint density at radius 1 is 1.28 bits per heavy atom. The number of aliphatic hydroxyl groups is 2. The monoisotopic (exact) mass is 481 g/mol. The van der Waals surface area contributed by atoms with E-state index in [9.17, 15) is 38.9 Å². The molecule has 0 unspecified atom stereocenters. The van der Waals surface area contributed by atoms with Crippen LogP contribution >= 0.6 is 7.82 Å².